The van der Waals surface area contributed by atoms with Crippen molar-refractivity contribution in [2.75, 3.05) is 0 Å². The van der Waals surface area contributed by atoms with Crippen molar-refractivity contribution in [2.45, 2.75) is 27.3 Å². The Bertz CT molecular complexity index is 888. The number of nitriles is 1. The highest BCUT2D eigenvalue weighted by molar-refractivity contribution is 5.70. The molecule has 0 aliphatic heterocycles. The highest BCUT2D eigenvalue weighted by Gasteiger charge is 2.14. The van der Waals surface area contributed by atoms with E-state index in [1.165, 1.54) is 0 Å². The summed E-state index contributed by atoms with van der Waals surface area (Å²) in [6, 6.07) is 8.09. The summed E-state index contributed by atoms with van der Waals surface area (Å²) in [5.74, 6) is 0. The van der Waals surface area contributed by atoms with Crippen LogP contribution in [0.5, 0.6) is 0 Å². The molecule has 2 heterocycles. The molecule has 0 bridgehead atoms. The van der Waals surface area contributed by atoms with Crippen LogP contribution in [0.2, 0.25) is 0 Å². The average molecular weight is 303 g/mol. The number of hydrogen-bond acceptors (Lipinski definition) is 4. The van der Waals surface area contributed by atoms with Crippen LogP contribution in [0.25, 0.3) is 11.1 Å². The van der Waals surface area contributed by atoms with E-state index in [0.717, 1.165) is 33.8 Å². The van der Waals surface area contributed by atoms with Gasteiger partial charge in [0.05, 0.1) is 35.8 Å². The van der Waals surface area contributed by atoms with Gasteiger partial charge < -0.3 is 0 Å². The van der Waals surface area contributed by atoms with Crippen LogP contribution in [0, 0.1) is 32.1 Å². The largest absolute Gasteiger partial charge is 0.263 e. The average Bonchev–Trinajstić information content (AvgIpc) is 2.82. The van der Waals surface area contributed by atoms with Gasteiger partial charge in [0.25, 0.3) is 0 Å². The van der Waals surface area contributed by atoms with E-state index in [1.807, 2.05) is 36.7 Å². The Kier molecular flexibility index (Phi) is 3.90. The van der Waals surface area contributed by atoms with Gasteiger partial charge in [0.2, 0.25) is 0 Å². The van der Waals surface area contributed by atoms with Crippen LogP contribution < -0.4 is 0 Å². The first kappa shape index (κ1) is 14.9. The molecule has 114 valence electrons. The van der Waals surface area contributed by atoms with E-state index in [9.17, 15) is 0 Å². The molecular weight excluding hydrogens is 286 g/mol. The first-order chi connectivity index (χ1) is 11.1. The highest BCUT2D eigenvalue weighted by atomic mass is 15.3. The molecule has 0 atom stereocenters. The van der Waals surface area contributed by atoms with Gasteiger partial charge in [0.1, 0.15) is 0 Å². The molecule has 0 amide bonds. The molecule has 2 aromatic heterocycles. The van der Waals surface area contributed by atoms with Gasteiger partial charge in [-0.2, -0.15) is 10.4 Å². The molecule has 0 N–H and O–H groups in total. The van der Waals surface area contributed by atoms with E-state index in [1.54, 1.807) is 18.6 Å². The summed E-state index contributed by atoms with van der Waals surface area (Å²) in [4.78, 5) is 8.40. The zero-order valence-electron chi connectivity index (χ0n) is 13.4. The maximum absolute atomic E-state index is 9.08. The van der Waals surface area contributed by atoms with Gasteiger partial charge in [-0.15, -0.1) is 0 Å². The molecule has 0 spiro atoms. The van der Waals surface area contributed by atoms with Crippen LogP contribution in [-0.2, 0) is 6.54 Å². The third-order valence-electron chi connectivity index (χ3n) is 3.95. The van der Waals surface area contributed by atoms with Gasteiger partial charge in [-0.05, 0) is 44.0 Å². The summed E-state index contributed by atoms with van der Waals surface area (Å²) in [5, 5.41) is 13.7. The summed E-state index contributed by atoms with van der Waals surface area (Å²) < 4.78 is 1.95. The second-order valence-corrected chi connectivity index (χ2v) is 5.54. The molecule has 0 saturated heterocycles. The van der Waals surface area contributed by atoms with Crippen molar-refractivity contribution in [1.29, 1.82) is 5.26 Å². The number of aromatic nitrogens is 4. The van der Waals surface area contributed by atoms with Gasteiger partial charge in [0.15, 0.2) is 0 Å². The van der Waals surface area contributed by atoms with Crippen LogP contribution in [0.3, 0.4) is 0 Å². The number of hydrogen-bond donors (Lipinski definition) is 0. The molecule has 0 saturated carbocycles. The second kappa shape index (κ2) is 6.01. The third kappa shape index (κ3) is 2.84. The van der Waals surface area contributed by atoms with Crippen LogP contribution >= 0.6 is 0 Å². The quantitative estimate of drug-likeness (QED) is 0.745. The lowest BCUT2D eigenvalue weighted by molar-refractivity contribution is 0.644. The van der Waals surface area contributed by atoms with E-state index in [0.29, 0.717) is 12.1 Å². The first-order valence-electron chi connectivity index (χ1n) is 7.40. The van der Waals surface area contributed by atoms with Crippen LogP contribution in [0.15, 0.2) is 36.8 Å². The Balaban J connectivity index is 2.01. The Morgan fingerprint density at radius 2 is 2.00 bits per heavy atom. The maximum Gasteiger partial charge on any atom is 0.0994 e. The zero-order chi connectivity index (χ0) is 16.4. The third-order valence-corrected chi connectivity index (χ3v) is 3.95. The number of nitrogens with zero attached hydrogens (tertiary/aromatic N) is 5. The molecule has 0 fully saturated rings. The van der Waals surface area contributed by atoms with Crippen molar-refractivity contribution in [3.05, 3.63) is 65.0 Å². The number of rotatable bonds is 3. The van der Waals surface area contributed by atoms with Crippen LogP contribution in [-0.4, -0.2) is 19.7 Å². The van der Waals surface area contributed by atoms with Crippen LogP contribution in [0.1, 0.15) is 28.2 Å². The SMILES string of the molecule is Cc1cc(-c2c(C)nn(Cc3cnccn3)c2C)ccc1C#N. The molecule has 5 nitrogen and oxygen atoms in total. The predicted octanol–water partition coefficient (Wildman–Crippen LogP) is 3.19. The Morgan fingerprint density at radius 1 is 1.17 bits per heavy atom. The van der Waals surface area contributed by atoms with E-state index in [-0.39, 0.29) is 0 Å². The zero-order valence-corrected chi connectivity index (χ0v) is 13.4. The lowest BCUT2D eigenvalue weighted by atomic mass is 9.99. The van der Waals surface area contributed by atoms with Gasteiger partial charge >= 0.3 is 0 Å². The molecular formula is C18H17N5. The minimum atomic E-state index is 0.593. The standard InChI is InChI=1S/C18H17N5/c1-12-8-15(4-5-16(12)9-19)18-13(2)22-23(14(18)3)11-17-10-20-6-7-21-17/h4-8,10H,11H2,1-3H3. The molecule has 23 heavy (non-hydrogen) atoms. The molecule has 0 aliphatic rings. The lowest BCUT2D eigenvalue weighted by Crippen LogP contribution is -2.05. The fraction of sp³-hybridized carbons (Fsp3) is 0.222. The summed E-state index contributed by atoms with van der Waals surface area (Å²) in [6.45, 7) is 6.61. The molecule has 5 heteroatoms. The van der Waals surface area contributed by atoms with Crippen molar-refractivity contribution in [2.24, 2.45) is 0 Å². The van der Waals surface area contributed by atoms with Crippen molar-refractivity contribution in [3.63, 3.8) is 0 Å². The van der Waals surface area contributed by atoms with Crippen molar-refractivity contribution < 1.29 is 0 Å². The Labute approximate surface area is 135 Å². The lowest BCUT2D eigenvalue weighted by Gasteiger charge is -2.07. The monoisotopic (exact) mass is 303 g/mol. The summed E-state index contributed by atoms with van der Waals surface area (Å²) in [6.07, 6.45) is 5.10. The van der Waals surface area contributed by atoms with Crippen molar-refractivity contribution in [1.82, 2.24) is 19.7 Å². The Hall–Kier alpha value is -3.00. The van der Waals surface area contributed by atoms with Gasteiger partial charge in [0, 0.05) is 23.7 Å². The summed E-state index contributed by atoms with van der Waals surface area (Å²) in [5.41, 5.74) is 6.80. The van der Waals surface area contributed by atoms with Crippen LogP contribution in [0.4, 0.5) is 0 Å². The number of aryl methyl sites for hydroxylation is 2. The fourth-order valence-electron chi connectivity index (χ4n) is 2.78. The molecule has 0 radical (unpaired) electrons. The number of benzene rings is 1. The van der Waals surface area contributed by atoms with E-state index >= 15 is 0 Å². The first-order valence-corrected chi connectivity index (χ1v) is 7.40. The molecule has 0 unspecified atom stereocenters. The van der Waals surface area contributed by atoms with E-state index in [2.05, 4.69) is 28.1 Å². The topological polar surface area (TPSA) is 67.4 Å². The predicted molar refractivity (Wildman–Crippen MR) is 87.7 cm³/mol. The van der Waals surface area contributed by atoms with Crippen molar-refractivity contribution >= 4 is 0 Å². The minimum absolute atomic E-state index is 0.593. The normalized spacial score (nSPS) is 10.5. The fourth-order valence-corrected chi connectivity index (χ4v) is 2.78. The van der Waals surface area contributed by atoms with E-state index in [4.69, 9.17) is 5.26 Å². The smallest absolute Gasteiger partial charge is 0.0994 e. The van der Waals surface area contributed by atoms with Crippen molar-refractivity contribution in [3.8, 4) is 17.2 Å². The summed E-state index contributed by atoms with van der Waals surface area (Å²) in [7, 11) is 0. The summed E-state index contributed by atoms with van der Waals surface area (Å²) >= 11 is 0. The molecule has 0 aliphatic carbocycles. The van der Waals surface area contributed by atoms with Gasteiger partial charge in [-0.3, -0.25) is 14.6 Å². The molecule has 3 rings (SSSR count). The molecule has 1 aromatic carbocycles. The minimum Gasteiger partial charge on any atom is -0.263 e. The maximum atomic E-state index is 9.08. The highest BCUT2D eigenvalue weighted by Crippen LogP contribution is 2.28. The second-order valence-electron chi connectivity index (χ2n) is 5.54. The van der Waals surface area contributed by atoms with Gasteiger partial charge in [-0.25, -0.2) is 0 Å². The van der Waals surface area contributed by atoms with E-state index < -0.39 is 0 Å². The Morgan fingerprint density at radius 3 is 2.65 bits per heavy atom. The molecule has 3 aromatic rings. The van der Waals surface area contributed by atoms with Gasteiger partial charge in [-0.1, -0.05) is 6.07 Å².